The molecule has 0 aromatic heterocycles. The normalized spacial score (nSPS) is 13.0. The van der Waals surface area contributed by atoms with Crippen molar-refractivity contribution in [2.24, 2.45) is 0 Å². The molecular weight excluding hydrogens is 202 g/mol. The van der Waals surface area contributed by atoms with Crippen LogP contribution in [0.5, 0.6) is 0 Å². The van der Waals surface area contributed by atoms with Crippen LogP contribution in [0.2, 0.25) is 0 Å². The van der Waals surface area contributed by atoms with Gasteiger partial charge in [-0.25, -0.2) is 0 Å². The number of hydrogen-bond donors (Lipinski definition) is 1. The van der Waals surface area contributed by atoms with Gasteiger partial charge in [-0.3, -0.25) is 0 Å². The van der Waals surface area contributed by atoms with Gasteiger partial charge in [-0.1, -0.05) is 30.3 Å². The zero-order valence-corrected chi connectivity index (χ0v) is 10.1. The number of nitrogens with zero attached hydrogens (tertiary/aromatic N) is 1. The van der Waals surface area contributed by atoms with E-state index in [1.54, 1.807) is 7.11 Å². The van der Waals surface area contributed by atoms with Crippen LogP contribution in [0.3, 0.4) is 0 Å². The monoisotopic (exact) mass is 223 g/mol. The first-order valence-corrected chi connectivity index (χ1v) is 5.64. The SMILES string of the molecule is COCCN(C)CCC(O)c1ccccc1. The van der Waals surface area contributed by atoms with Crippen molar-refractivity contribution >= 4 is 0 Å². The molecule has 1 rings (SSSR count). The average Bonchev–Trinajstić information content (AvgIpc) is 2.34. The maximum Gasteiger partial charge on any atom is 0.0802 e. The first-order chi connectivity index (χ1) is 7.74. The molecule has 0 aliphatic rings. The zero-order chi connectivity index (χ0) is 11.8. The minimum absolute atomic E-state index is 0.369. The van der Waals surface area contributed by atoms with Gasteiger partial charge in [-0.15, -0.1) is 0 Å². The highest BCUT2D eigenvalue weighted by molar-refractivity contribution is 5.17. The largest absolute Gasteiger partial charge is 0.388 e. The number of benzene rings is 1. The van der Waals surface area contributed by atoms with Crippen LogP contribution in [0.25, 0.3) is 0 Å². The van der Waals surface area contributed by atoms with Gasteiger partial charge in [0.15, 0.2) is 0 Å². The van der Waals surface area contributed by atoms with E-state index in [4.69, 9.17) is 4.74 Å². The van der Waals surface area contributed by atoms with Crippen molar-refractivity contribution in [1.29, 1.82) is 0 Å². The number of likely N-dealkylation sites (N-methyl/N-ethyl adjacent to an activating group) is 1. The van der Waals surface area contributed by atoms with E-state index < -0.39 is 0 Å². The molecule has 0 radical (unpaired) electrons. The van der Waals surface area contributed by atoms with Crippen molar-refractivity contribution in [3.8, 4) is 0 Å². The summed E-state index contributed by atoms with van der Waals surface area (Å²) in [4.78, 5) is 2.16. The maximum atomic E-state index is 9.94. The Bertz CT molecular complexity index is 277. The second-order valence-electron chi connectivity index (χ2n) is 4.01. The Labute approximate surface area is 97.7 Å². The third-order valence-electron chi connectivity index (χ3n) is 2.65. The van der Waals surface area contributed by atoms with Gasteiger partial charge in [0.1, 0.15) is 0 Å². The Hall–Kier alpha value is -0.900. The second kappa shape index (κ2) is 7.39. The number of aliphatic hydroxyl groups excluding tert-OH is 1. The van der Waals surface area contributed by atoms with Gasteiger partial charge >= 0.3 is 0 Å². The maximum absolute atomic E-state index is 9.94. The average molecular weight is 223 g/mol. The van der Waals surface area contributed by atoms with E-state index in [0.717, 1.165) is 31.7 Å². The summed E-state index contributed by atoms with van der Waals surface area (Å²) in [6.45, 7) is 2.51. The second-order valence-corrected chi connectivity index (χ2v) is 4.01. The minimum atomic E-state index is -0.369. The molecule has 0 heterocycles. The molecule has 3 nitrogen and oxygen atoms in total. The van der Waals surface area contributed by atoms with Crippen molar-refractivity contribution in [3.63, 3.8) is 0 Å². The first kappa shape index (κ1) is 13.2. The van der Waals surface area contributed by atoms with Crippen LogP contribution in [0.4, 0.5) is 0 Å². The van der Waals surface area contributed by atoms with E-state index in [1.807, 2.05) is 37.4 Å². The standard InChI is InChI=1S/C13H21NO2/c1-14(10-11-16-2)9-8-13(15)12-6-4-3-5-7-12/h3-7,13,15H,8-11H2,1-2H3. The smallest absolute Gasteiger partial charge is 0.0802 e. The van der Waals surface area contributed by atoms with Crippen LogP contribution in [0, 0.1) is 0 Å². The predicted octanol–water partition coefficient (Wildman–Crippen LogP) is 1.69. The van der Waals surface area contributed by atoms with Crippen LogP contribution in [0.15, 0.2) is 30.3 Å². The van der Waals surface area contributed by atoms with Gasteiger partial charge < -0.3 is 14.7 Å². The van der Waals surface area contributed by atoms with Crippen molar-refractivity contribution in [3.05, 3.63) is 35.9 Å². The predicted molar refractivity (Wildman–Crippen MR) is 65.4 cm³/mol. The van der Waals surface area contributed by atoms with E-state index in [0.29, 0.717) is 0 Å². The molecule has 16 heavy (non-hydrogen) atoms. The molecule has 0 saturated carbocycles. The number of aliphatic hydroxyl groups is 1. The molecule has 90 valence electrons. The van der Waals surface area contributed by atoms with E-state index in [-0.39, 0.29) is 6.10 Å². The Morgan fingerprint density at radius 2 is 1.94 bits per heavy atom. The summed E-state index contributed by atoms with van der Waals surface area (Å²) in [5.74, 6) is 0. The fraction of sp³-hybridized carbons (Fsp3) is 0.538. The third-order valence-corrected chi connectivity index (χ3v) is 2.65. The molecule has 1 aromatic rings. The van der Waals surface area contributed by atoms with E-state index in [2.05, 4.69) is 4.90 Å². The lowest BCUT2D eigenvalue weighted by molar-refractivity contribution is 0.129. The Morgan fingerprint density at radius 3 is 2.56 bits per heavy atom. The molecule has 0 amide bonds. The van der Waals surface area contributed by atoms with Crippen molar-refractivity contribution in [1.82, 2.24) is 4.90 Å². The third kappa shape index (κ3) is 4.75. The summed E-state index contributed by atoms with van der Waals surface area (Å²) >= 11 is 0. The highest BCUT2D eigenvalue weighted by Gasteiger charge is 2.07. The molecule has 3 heteroatoms. The topological polar surface area (TPSA) is 32.7 Å². The van der Waals surface area contributed by atoms with Gasteiger partial charge in [-0.2, -0.15) is 0 Å². The number of ether oxygens (including phenoxy) is 1. The quantitative estimate of drug-likeness (QED) is 0.763. The van der Waals surface area contributed by atoms with Gasteiger partial charge in [0.05, 0.1) is 12.7 Å². The molecular formula is C13H21NO2. The van der Waals surface area contributed by atoms with E-state index in [9.17, 15) is 5.11 Å². The summed E-state index contributed by atoms with van der Waals surface area (Å²) < 4.78 is 5.00. The number of rotatable bonds is 7. The molecule has 0 fully saturated rings. The molecule has 0 saturated heterocycles. The highest BCUT2D eigenvalue weighted by atomic mass is 16.5. The van der Waals surface area contributed by atoms with Crippen LogP contribution >= 0.6 is 0 Å². The lowest BCUT2D eigenvalue weighted by atomic mass is 10.1. The summed E-state index contributed by atoms with van der Waals surface area (Å²) in [5, 5.41) is 9.94. The lowest BCUT2D eigenvalue weighted by Gasteiger charge is -2.18. The molecule has 0 bridgehead atoms. The van der Waals surface area contributed by atoms with Crippen molar-refractivity contribution < 1.29 is 9.84 Å². The summed E-state index contributed by atoms with van der Waals surface area (Å²) in [6, 6.07) is 9.78. The summed E-state index contributed by atoms with van der Waals surface area (Å²) in [5.41, 5.74) is 0.989. The van der Waals surface area contributed by atoms with E-state index >= 15 is 0 Å². The Kier molecular flexibility index (Phi) is 6.08. The van der Waals surface area contributed by atoms with Gasteiger partial charge in [-0.05, 0) is 19.0 Å². The molecule has 0 aliphatic heterocycles. The van der Waals surface area contributed by atoms with Crippen LogP contribution in [-0.4, -0.2) is 43.9 Å². The molecule has 1 atom stereocenters. The zero-order valence-electron chi connectivity index (χ0n) is 10.1. The fourth-order valence-electron chi connectivity index (χ4n) is 1.54. The minimum Gasteiger partial charge on any atom is -0.388 e. The lowest BCUT2D eigenvalue weighted by Crippen LogP contribution is -2.25. The molecule has 1 N–H and O–H groups in total. The van der Waals surface area contributed by atoms with Gasteiger partial charge in [0.25, 0.3) is 0 Å². The Morgan fingerprint density at radius 1 is 1.25 bits per heavy atom. The van der Waals surface area contributed by atoms with Gasteiger partial charge in [0, 0.05) is 20.2 Å². The van der Waals surface area contributed by atoms with Crippen molar-refractivity contribution in [2.45, 2.75) is 12.5 Å². The summed E-state index contributed by atoms with van der Waals surface area (Å²) in [7, 11) is 3.74. The van der Waals surface area contributed by atoms with Gasteiger partial charge in [0.2, 0.25) is 0 Å². The number of hydrogen-bond acceptors (Lipinski definition) is 3. The van der Waals surface area contributed by atoms with Crippen LogP contribution in [-0.2, 0) is 4.74 Å². The Balaban J connectivity index is 2.27. The molecule has 1 unspecified atom stereocenters. The first-order valence-electron chi connectivity index (χ1n) is 5.64. The molecule has 0 spiro atoms. The molecule has 1 aromatic carbocycles. The highest BCUT2D eigenvalue weighted by Crippen LogP contribution is 2.15. The number of methoxy groups -OCH3 is 1. The van der Waals surface area contributed by atoms with Crippen LogP contribution in [0.1, 0.15) is 18.1 Å². The van der Waals surface area contributed by atoms with E-state index in [1.165, 1.54) is 0 Å². The van der Waals surface area contributed by atoms with Crippen LogP contribution < -0.4 is 0 Å². The van der Waals surface area contributed by atoms with Crippen molar-refractivity contribution in [2.75, 3.05) is 33.9 Å². The fourth-order valence-corrected chi connectivity index (χ4v) is 1.54. The summed E-state index contributed by atoms with van der Waals surface area (Å²) in [6.07, 6.45) is 0.385. The molecule has 0 aliphatic carbocycles.